The van der Waals surface area contributed by atoms with Crippen molar-refractivity contribution in [2.75, 3.05) is 25.0 Å². The van der Waals surface area contributed by atoms with Crippen molar-refractivity contribution in [1.29, 1.82) is 0 Å². The maximum Gasteiger partial charge on any atom is 0.243 e. The van der Waals surface area contributed by atoms with Crippen molar-refractivity contribution >= 4 is 25.7 Å². The molecule has 4 rings (SSSR count). The normalized spacial score (nSPS) is 26.8. The van der Waals surface area contributed by atoms with E-state index in [4.69, 9.17) is 0 Å². The number of hydrogen-bond acceptors (Lipinski definition) is 5. The van der Waals surface area contributed by atoms with Crippen molar-refractivity contribution in [2.24, 2.45) is 5.92 Å². The van der Waals surface area contributed by atoms with Crippen molar-refractivity contribution in [1.82, 2.24) is 9.03 Å². The van der Waals surface area contributed by atoms with E-state index in [-0.39, 0.29) is 15.8 Å². The molecule has 3 aliphatic rings. The highest BCUT2D eigenvalue weighted by atomic mass is 32.2. The van der Waals surface area contributed by atoms with Gasteiger partial charge in [0, 0.05) is 25.7 Å². The second kappa shape index (κ2) is 7.93. The molecule has 7 nitrogen and oxygen atoms in total. The molecule has 1 atom stereocenters. The van der Waals surface area contributed by atoms with E-state index in [1.54, 1.807) is 6.07 Å². The number of anilines is 1. The fourth-order valence-electron chi connectivity index (χ4n) is 4.61. The van der Waals surface area contributed by atoms with Crippen LogP contribution in [0, 0.1) is 5.92 Å². The molecule has 1 aromatic rings. The fraction of sp³-hybridized carbons (Fsp3) is 0.684. The molecule has 156 valence electrons. The van der Waals surface area contributed by atoms with Crippen LogP contribution >= 0.6 is 0 Å². The molecule has 2 N–H and O–H groups in total. The summed E-state index contributed by atoms with van der Waals surface area (Å²) in [5.41, 5.74) is 0.475. The summed E-state index contributed by atoms with van der Waals surface area (Å²) >= 11 is 0. The minimum atomic E-state index is -3.79. The van der Waals surface area contributed by atoms with Crippen LogP contribution in [0.2, 0.25) is 0 Å². The molecule has 9 heteroatoms. The molecule has 1 aromatic carbocycles. The Hall–Kier alpha value is -1.16. The molecular weight excluding hydrogens is 398 g/mol. The predicted octanol–water partition coefficient (Wildman–Crippen LogP) is 2.51. The number of nitrogens with zero attached hydrogens (tertiary/aromatic N) is 1. The number of piperidine rings is 1. The molecule has 2 fully saturated rings. The standard InChI is InChI=1S/C19H29N3O4S2/c23-27(24)19-13-16(28(25,26)22-11-5-2-6-12-22)9-10-17(19)20-14-18(21-27)15-7-3-1-4-8-15/h9-10,13,15,18,20-21H,1-8,11-12,14H2. The molecule has 1 saturated carbocycles. The predicted molar refractivity (Wildman–Crippen MR) is 108 cm³/mol. The lowest BCUT2D eigenvalue weighted by molar-refractivity contribution is 0.298. The Morgan fingerprint density at radius 3 is 2.36 bits per heavy atom. The van der Waals surface area contributed by atoms with E-state index in [1.165, 1.54) is 22.9 Å². The Morgan fingerprint density at radius 2 is 1.64 bits per heavy atom. The highest BCUT2D eigenvalue weighted by molar-refractivity contribution is 7.90. The van der Waals surface area contributed by atoms with Crippen molar-refractivity contribution in [3.05, 3.63) is 18.2 Å². The second-order valence-corrected chi connectivity index (χ2v) is 11.7. The van der Waals surface area contributed by atoms with Crippen LogP contribution < -0.4 is 10.0 Å². The van der Waals surface area contributed by atoms with Gasteiger partial charge in [0.15, 0.2) is 0 Å². The second-order valence-electron chi connectivity index (χ2n) is 8.13. The van der Waals surface area contributed by atoms with E-state index >= 15 is 0 Å². The molecule has 0 amide bonds. The summed E-state index contributed by atoms with van der Waals surface area (Å²) in [4.78, 5) is 0.0836. The van der Waals surface area contributed by atoms with Gasteiger partial charge in [-0.15, -0.1) is 0 Å². The summed E-state index contributed by atoms with van der Waals surface area (Å²) in [5, 5.41) is 3.24. The van der Waals surface area contributed by atoms with E-state index < -0.39 is 20.0 Å². The van der Waals surface area contributed by atoms with Gasteiger partial charge in [-0.3, -0.25) is 0 Å². The monoisotopic (exact) mass is 427 g/mol. The average molecular weight is 428 g/mol. The molecule has 0 aromatic heterocycles. The number of fused-ring (bicyclic) bond motifs is 1. The van der Waals surface area contributed by atoms with Crippen molar-refractivity contribution < 1.29 is 16.8 Å². The molecular formula is C19H29N3O4S2. The molecule has 1 aliphatic carbocycles. The first-order chi connectivity index (χ1) is 13.4. The summed E-state index contributed by atoms with van der Waals surface area (Å²) in [5.74, 6) is 0.321. The Kier molecular flexibility index (Phi) is 5.70. The van der Waals surface area contributed by atoms with Crippen molar-refractivity contribution in [2.45, 2.75) is 67.2 Å². The van der Waals surface area contributed by atoms with Gasteiger partial charge in [-0.1, -0.05) is 25.7 Å². The van der Waals surface area contributed by atoms with Crippen molar-refractivity contribution in [3.63, 3.8) is 0 Å². The molecule has 0 spiro atoms. The smallest absolute Gasteiger partial charge is 0.243 e. The zero-order valence-corrected chi connectivity index (χ0v) is 17.7. The summed E-state index contributed by atoms with van der Waals surface area (Å²) < 4.78 is 56.3. The lowest BCUT2D eigenvalue weighted by Gasteiger charge is -2.29. The molecule has 1 saturated heterocycles. The summed E-state index contributed by atoms with van der Waals surface area (Å²) in [6, 6.07) is 4.26. The number of nitrogens with one attached hydrogen (secondary N) is 2. The SMILES string of the molecule is O=S1(=O)NC(C2CCCCC2)CNc2ccc(S(=O)(=O)N3CCCCC3)cc21. The Bertz CT molecular complexity index is 918. The van der Waals surface area contributed by atoms with Crippen LogP contribution in [0.5, 0.6) is 0 Å². The fourth-order valence-corrected chi connectivity index (χ4v) is 7.74. The summed E-state index contributed by atoms with van der Waals surface area (Å²) in [7, 11) is -7.46. The quantitative estimate of drug-likeness (QED) is 0.773. The number of sulfonamides is 2. The first kappa shape index (κ1) is 20.1. The molecule has 0 radical (unpaired) electrons. The van der Waals surface area contributed by atoms with Gasteiger partial charge in [-0.05, 0) is 49.8 Å². The lowest BCUT2D eigenvalue weighted by Crippen LogP contribution is -2.43. The van der Waals surface area contributed by atoms with E-state index in [9.17, 15) is 16.8 Å². The van der Waals surface area contributed by atoms with E-state index in [0.717, 1.165) is 44.9 Å². The minimum absolute atomic E-state index is 0.0314. The third kappa shape index (κ3) is 3.94. The van der Waals surface area contributed by atoms with E-state index in [2.05, 4.69) is 10.0 Å². The highest BCUT2D eigenvalue weighted by Gasteiger charge is 2.34. The topological polar surface area (TPSA) is 95.6 Å². The van der Waals surface area contributed by atoms with Crippen LogP contribution in [0.25, 0.3) is 0 Å². The van der Waals surface area contributed by atoms with Gasteiger partial charge >= 0.3 is 0 Å². The third-order valence-corrected chi connectivity index (χ3v) is 9.66. The average Bonchev–Trinajstić information content (AvgIpc) is 2.85. The number of hydrogen-bond donors (Lipinski definition) is 2. The molecule has 28 heavy (non-hydrogen) atoms. The van der Waals surface area contributed by atoms with Gasteiger partial charge in [0.05, 0.1) is 10.6 Å². The molecule has 0 bridgehead atoms. The van der Waals surface area contributed by atoms with Crippen LogP contribution in [0.1, 0.15) is 51.4 Å². The first-order valence-electron chi connectivity index (χ1n) is 10.3. The zero-order valence-electron chi connectivity index (χ0n) is 16.1. The first-order valence-corrected chi connectivity index (χ1v) is 13.2. The lowest BCUT2D eigenvalue weighted by atomic mass is 9.84. The Labute approximate surface area is 168 Å². The van der Waals surface area contributed by atoms with E-state index in [0.29, 0.717) is 31.2 Å². The van der Waals surface area contributed by atoms with E-state index in [1.807, 2.05) is 0 Å². The third-order valence-electron chi connectivity index (χ3n) is 6.23. The van der Waals surface area contributed by atoms with Crippen LogP contribution in [0.4, 0.5) is 5.69 Å². The molecule has 1 unspecified atom stereocenters. The van der Waals surface area contributed by atoms with Crippen LogP contribution in [0.15, 0.2) is 28.0 Å². The Balaban J connectivity index is 1.63. The molecule has 2 heterocycles. The zero-order chi connectivity index (χ0) is 19.8. The van der Waals surface area contributed by atoms with Crippen LogP contribution in [-0.2, 0) is 20.0 Å². The van der Waals surface area contributed by atoms with Crippen LogP contribution in [-0.4, -0.2) is 46.8 Å². The van der Waals surface area contributed by atoms with Gasteiger partial charge in [-0.25, -0.2) is 21.6 Å². The Morgan fingerprint density at radius 1 is 0.964 bits per heavy atom. The minimum Gasteiger partial charge on any atom is -0.382 e. The number of benzene rings is 1. The largest absolute Gasteiger partial charge is 0.382 e. The van der Waals surface area contributed by atoms with Crippen molar-refractivity contribution in [3.8, 4) is 0 Å². The van der Waals surface area contributed by atoms with Crippen LogP contribution in [0.3, 0.4) is 0 Å². The summed E-state index contributed by atoms with van der Waals surface area (Å²) in [6.07, 6.45) is 8.24. The highest BCUT2D eigenvalue weighted by Crippen LogP contribution is 2.33. The van der Waals surface area contributed by atoms with Gasteiger partial charge in [0.2, 0.25) is 20.0 Å². The van der Waals surface area contributed by atoms with Gasteiger partial charge in [0.1, 0.15) is 4.90 Å². The maximum atomic E-state index is 13.0. The maximum absolute atomic E-state index is 13.0. The van der Waals surface area contributed by atoms with Gasteiger partial charge in [-0.2, -0.15) is 4.31 Å². The van der Waals surface area contributed by atoms with Gasteiger partial charge < -0.3 is 5.32 Å². The summed E-state index contributed by atoms with van der Waals surface area (Å²) in [6.45, 7) is 1.51. The molecule has 2 aliphatic heterocycles. The van der Waals surface area contributed by atoms with Gasteiger partial charge in [0.25, 0.3) is 0 Å². The number of rotatable bonds is 3.